The molecular formula is C10H9FN2O2S2. The Labute approximate surface area is 102 Å². The van der Waals surface area contributed by atoms with E-state index in [1.54, 1.807) is 16.8 Å². The van der Waals surface area contributed by atoms with E-state index in [0.717, 1.165) is 22.8 Å². The van der Waals surface area contributed by atoms with Crippen molar-refractivity contribution in [2.75, 3.05) is 11.4 Å². The number of hydrogen-bond acceptors (Lipinski definition) is 4. The van der Waals surface area contributed by atoms with Crippen molar-refractivity contribution >= 4 is 27.0 Å². The second-order valence-electron chi connectivity index (χ2n) is 3.29. The van der Waals surface area contributed by atoms with Crippen molar-refractivity contribution in [3.8, 4) is 0 Å². The number of sulfonamides is 1. The number of thiophene rings is 1. The van der Waals surface area contributed by atoms with E-state index in [2.05, 4.69) is 4.98 Å². The number of halogens is 1. The van der Waals surface area contributed by atoms with Crippen LogP contribution < -0.4 is 4.31 Å². The molecule has 0 bridgehead atoms. The summed E-state index contributed by atoms with van der Waals surface area (Å²) in [5, 5.41) is 3.47. The summed E-state index contributed by atoms with van der Waals surface area (Å²) in [5.41, 5.74) is 0.541. The van der Waals surface area contributed by atoms with Crippen LogP contribution in [0.15, 0.2) is 40.2 Å². The average molecular weight is 272 g/mol. The molecule has 0 radical (unpaired) electrons. The topological polar surface area (TPSA) is 50.3 Å². The van der Waals surface area contributed by atoms with Crippen LogP contribution in [0.3, 0.4) is 0 Å². The molecule has 0 atom stereocenters. The van der Waals surface area contributed by atoms with Gasteiger partial charge in [0.2, 0.25) is 0 Å². The van der Waals surface area contributed by atoms with E-state index in [0.29, 0.717) is 5.69 Å². The smallest absolute Gasteiger partial charge is 0.265 e. The Morgan fingerprint density at radius 1 is 1.41 bits per heavy atom. The summed E-state index contributed by atoms with van der Waals surface area (Å²) < 4.78 is 38.3. The van der Waals surface area contributed by atoms with Crippen molar-refractivity contribution < 1.29 is 12.8 Å². The van der Waals surface area contributed by atoms with E-state index in [9.17, 15) is 12.8 Å². The maximum Gasteiger partial charge on any atom is 0.265 e. The first-order valence-electron chi connectivity index (χ1n) is 4.63. The van der Waals surface area contributed by atoms with Crippen molar-refractivity contribution in [3.63, 3.8) is 0 Å². The van der Waals surface area contributed by atoms with Crippen LogP contribution in [0.5, 0.6) is 0 Å². The molecule has 0 aliphatic heterocycles. The first kappa shape index (κ1) is 12.0. The lowest BCUT2D eigenvalue weighted by atomic mass is 10.5. The van der Waals surface area contributed by atoms with Crippen LogP contribution in [0.1, 0.15) is 0 Å². The van der Waals surface area contributed by atoms with Crippen LogP contribution in [-0.2, 0) is 10.0 Å². The van der Waals surface area contributed by atoms with Crippen LogP contribution >= 0.6 is 11.3 Å². The molecule has 90 valence electrons. The third-order valence-corrected chi connectivity index (χ3v) is 4.63. The largest absolute Gasteiger partial charge is 0.269 e. The molecule has 2 aromatic rings. The minimum Gasteiger partial charge on any atom is -0.269 e. The van der Waals surface area contributed by atoms with E-state index >= 15 is 0 Å². The molecule has 0 unspecified atom stereocenters. The fourth-order valence-electron chi connectivity index (χ4n) is 1.27. The van der Waals surface area contributed by atoms with E-state index < -0.39 is 15.8 Å². The van der Waals surface area contributed by atoms with Gasteiger partial charge in [-0.05, 0) is 17.5 Å². The fourth-order valence-corrected chi connectivity index (χ4v) is 3.17. The molecule has 0 saturated heterocycles. The predicted molar refractivity (Wildman–Crippen MR) is 64.1 cm³/mol. The van der Waals surface area contributed by atoms with E-state index in [-0.39, 0.29) is 4.90 Å². The van der Waals surface area contributed by atoms with Gasteiger partial charge >= 0.3 is 0 Å². The Bertz CT molecular complexity index is 611. The van der Waals surface area contributed by atoms with Crippen LogP contribution in [0.25, 0.3) is 0 Å². The standard InChI is InChI=1S/C10H9FN2O2S2/c1-13(9-2-3-16-7-9)17(14,15)10-4-8(11)5-12-6-10/h2-7H,1H3. The van der Waals surface area contributed by atoms with Gasteiger partial charge in [0.05, 0.1) is 11.9 Å². The zero-order valence-corrected chi connectivity index (χ0v) is 10.5. The second kappa shape index (κ2) is 4.42. The third kappa shape index (κ3) is 2.29. The number of aromatic nitrogens is 1. The van der Waals surface area contributed by atoms with Crippen molar-refractivity contribution in [2.24, 2.45) is 0 Å². The van der Waals surface area contributed by atoms with Crippen LogP contribution in [0.2, 0.25) is 0 Å². The summed E-state index contributed by atoms with van der Waals surface area (Å²) in [6.07, 6.45) is 2.09. The van der Waals surface area contributed by atoms with Gasteiger partial charge in [-0.3, -0.25) is 9.29 Å². The van der Waals surface area contributed by atoms with Crippen LogP contribution in [-0.4, -0.2) is 20.4 Å². The lowest BCUT2D eigenvalue weighted by molar-refractivity contribution is 0.587. The van der Waals surface area contributed by atoms with Gasteiger partial charge < -0.3 is 0 Å². The van der Waals surface area contributed by atoms with Crippen LogP contribution in [0, 0.1) is 5.82 Å². The summed E-state index contributed by atoms with van der Waals surface area (Å²) >= 11 is 1.39. The average Bonchev–Trinajstić information content (AvgIpc) is 2.81. The Morgan fingerprint density at radius 3 is 2.76 bits per heavy atom. The lowest BCUT2D eigenvalue weighted by Crippen LogP contribution is -2.26. The Balaban J connectivity index is 2.44. The molecule has 7 heteroatoms. The Hall–Kier alpha value is -1.47. The summed E-state index contributed by atoms with van der Waals surface area (Å²) in [6, 6.07) is 2.63. The highest BCUT2D eigenvalue weighted by molar-refractivity contribution is 7.92. The van der Waals surface area contributed by atoms with Gasteiger partial charge in [-0.15, -0.1) is 0 Å². The van der Waals surface area contributed by atoms with Crippen LogP contribution in [0.4, 0.5) is 10.1 Å². The fraction of sp³-hybridized carbons (Fsp3) is 0.100. The van der Waals surface area contributed by atoms with Crippen molar-refractivity contribution in [3.05, 3.63) is 41.1 Å². The highest BCUT2D eigenvalue weighted by atomic mass is 32.2. The summed E-state index contributed by atoms with van der Waals surface area (Å²) in [4.78, 5) is 3.38. The van der Waals surface area contributed by atoms with Gasteiger partial charge in [-0.25, -0.2) is 12.8 Å². The van der Waals surface area contributed by atoms with Gasteiger partial charge in [0.15, 0.2) is 0 Å². The zero-order valence-electron chi connectivity index (χ0n) is 8.87. The summed E-state index contributed by atoms with van der Waals surface area (Å²) in [5.74, 6) is -0.676. The highest BCUT2D eigenvalue weighted by Crippen LogP contribution is 2.23. The number of pyridine rings is 1. The highest BCUT2D eigenvalue weighted by Gasteiger charge is 2.22. The minimum absolute atomic E-state index is 0.161. The molecule has 0 amide bonds. The number of nitrogens with zero attached hydrogens (tertiary/aromatic N) is 2. The first-order valence-corrected chi connectivity index (χ1v) is 7.02. The maximum absolute atomic E-state index is 13.0. The molecule has 0 aromatic carbocycles. The first-order chi connectivity index (χ1) is 8.01. The number of anilines is 1. The molecule has 4 nitrogen and oxygen atoms in total. The molecule has 0 aliphatic rings. The van der Waals surface area contributed by atoms with E-state index in [1.165, 1.54) is 18.4 Å². The van der Waals surface area contributed by atoms with Gasteiger partial charge in [-0.1, -0.05) is 0 Å². The normalized spacial score (nSPS) is 11.4. The summed E-state index contributed by atoms with van der Waals surface area (Å²) in [6.45, 7) is 0. The van der Waals surface area contributed by atoms with Crippen molar-refractivity contribution in [1.82, 2.24) is 4.98 Å². The SMILES string of the molecule is CN(c1ccsc1)S(=O)(=O)c1cncc(F)c1. The third-order valence-electron chi connectivity index (χ3n) is 2.21. The quantitative estimate of drug-likeness (QED) is 0.860. The minimum atomic E-state index is -3.75. The Morgan fingerprint density at radius 2 is 2.18 bits per heavy atom. The van der Waals surface area contributed by atoms with Gasteiger partial charge in [0, 0.05) is 18.6 Å². The molecule has 0 N–H and O–H groups in total. The van der Waals surface area contributed by atoms with Gasteiger partial charge in [0.25, 0.3) is 10.0 Å². The van der Waals surface area contributed by atoms with Crippen molar-refractivity contribution in [1.29, 1.82) is 0 Å². The van der Waals surface area contributed by atoms with Gasteiger partial charge in [0.1, 0.15) is 10.7 Å². The second-order valence-corrected chi connectivity index (χ2v) is 6.04. The van der Waals surface area contributed by atoms with Crippen molar-refractivity contribution in [2.45, 2.75) is 4.90 Å². The van der Waals surface area contributed by atoms with E-state index in [4.69, 9.17) is 0 Å². The molecule has 2 heterocycles. The number of hydrogen-bond donors (Lipinski definition) is 0. The Kier molecular flexibility index (Phi) is 3.12. The molecular weight excluding hydrogens is 263 g/mol. The molecule has 0 fully saturated rings. The lowest BCUT2D eigenvalue weighted by Gasteiger charge is -2.17. The molecule has 0 spiro atoms. The summed E-state index contributed by atoms with van der Waals surface area (Å²) in [7, 11) is -2.33. The maximum atomic E-state index is 13.0. The molecule has 0 aliphatic carbocycles. The molecule has 0 saturated carbocycles. The number of rotatable bonds is 3. The zero-order chi connectivity index (χ0) is 12.5. The predicted octanol–water partition coefficient (Wildman–Crippen LogP) is 2.11. The molecule has 2 rings (SSSR count). The van der Waals surface area contributed by atoms with E-state index in [1.807, 2.05) is 0 Å². The monoisotopic (exact) mass is 272 g/mol. The molecule has 2 aromatic heterocycles. The molecule has 17 heavy (non-hydrogen) atoms. The van der Waals surface area contributed by atoms with Gasteiger partial charge in [-0.2, -0.15) is 11.3 Å².